The molecule has 3 unspecified atom stereocenters. The van der Waals surface area contributed by atoms with Gasteiger partial charge in [0, 0.05) is 11.8 Å². The van der Waals surface area contributed by atoms with E-state index >= 15 is 0 Å². The van der Waals surface area contributed by atoms with E-state index in [4.69, 9.17) is 4.74 Å². The van der Waals surface area contributed by atoms with Gasteiger partial charge in [0.1, 0.15) is 0 Å². The number of ether oxygens (including phenoxy) is 1. The van der Waals surface area contributed by atoms with Crippen LogP contribution in [-0.4, -0.2) is 24.1 Å². The van der Waals surface area contributed by atoms with Crippen LogP contribution < -0.4 is 0 Å². The van der Waals surface area contributed by atoms with Crippen LogP contribution in [0.2, 0.25) is 0 Å². The first-order valence-corrected chi connectivity index (χ1v) is 5.74. The summed E-state index contributed by atoms with van der Waals surface area (Å²) in [5.41, 5.74) is 0. The van der Waals surface area contributed by atoms with Crippen LogP contribution in [-0.2, 0) is 19.1 Å². The zero-order chi connectivity index (χ0) is 12.4. The van der Waals surface area contributed by atoms with E-state index in [-0.39, 0.29) is 18.2 Å². The van der Waals surface area contributed by atoms with Crippen LogP contribution in [0, 0.1) is 17.8 Å². The van der Waals surface area contributed by atoms with Crippen LogP contribution >= 0.6 is 0 Å². The molecule has 2 rings (SSSR count). The first kappa shape index (κ1) is 11.8. The van der Waals surface area contributed by atoms with Crippen LogP contribution in [0.4, 0.5) is 0 Å². The lowest BCUT2D eigenvalue weighted by Crippen LogP contribution is -2.41. The van der Waals surface area contributed by atoms with Crippen molar-refractivity contribution >= 4 is 17.5 Å². The van der Waals surface area contributed by atoms with Crippen LogP contribution in [0.1, 0.15) is 13.3 Å². The van der Waals surface area contributed by atoms with Gasteiger partial charge in [-0.2, -0.15) is 0 Å². The third kappa shape index (κ3) is 2.07. The molecule has 0 bridgehead atoms. The number of carbonyl (C=O) groups is 3. The number of ketones is 2. The van der Waals surface area contributed by atoms with Gasteiger partial charge < -0.3 is 4.74 Å². The van der Waals surface area contributed by atoms with Crippen molar-refractivity contribution in [2.24, 2.45) is 17.8 Å². The lowest BCUT2D eigenvalue weighted by atomic mass is 9.69. The normalized spacial score (nSPS) is 31.2. The first-order chi connectivity index (χ1) is 8.15. The molecule has 0 amide bonds. The number of hydrogen-bond donors (Lipinski definition) is 0. The number of fused-ring (bicyclic) bond motifs is 1. The van der Waals surface area contributed by atoms with E-state index in [0.717, 1.165) is 0 Å². The predicted octanol–water partition coefficient (Wildman–Crippen LogP) is 1.07. The summed E-state index contributed by atoms with van der Waals surface area (Å²) in [5, 5.41) is 0. The molecular weight excluding hydrogens is 220 g/mol. The Kier molecular flexibility index (Phi) is 3.22. The third-order valence-corrected chi connectivity index (χ3v) is 3.22. The van der Waals surface area contributed by atoms with E-state index in [2.05, 4.69) is 0 Å². The largest absolute Gasteiger partial charge is 0.466 e. The Morgan fingerprint density at radius 1 is 1.35 bits per heavy atom. The van der Waals surface area contributed by atoms with Gasteiger partial charge in [0.05, 0.1) is 12.5 Å². The average molecular weight is 234 g/mol. The summed E-state index contributed by atoms with van der Waals surface area (Å²) in [4.78, 5) is 35.2. The van der Waals surface area contributed by atoms with E-state index in [1.54, 1.807) is 19.1 Å². The molecule has 0 aliphatic heterocycles. The van der Waals surface area contributed by atoms with Crippen molar-refractivity contribution in [2.75, 3.05) is 6.61 Å². The second-order valence-electron chi connectivity index (χ2n) is 4.21. The number of allylic oxidation sites excluding steroid dienone is 3. The van der Waals surface area contributed by atoms with Gasteiger partial charge in [-0.3, -0.25) is 14.4 Å². The smallest absolute Gasteiger partial charge is 0.313 e. The topological polar surface area (TPSA) is 60.4 Å². The molecule has 0 radical (unpaired) electrons. The Labute approximate surface area is 99.3 Å². The molecule has 0 heterocycles. The lowest BCUT2D eigenvalue weighted by Gasteiger charge is -2.32. The SMILES string of the molecule is CCOC(=O)C1C=CCC2C(=O)C=CC(=O)C12. The molecule has 4 nitrogen and oxygen atoms in total. The maximum atomic E-state index is 11.8. The highest BCUT2D eigenvalue weighted by atomic mass is 16.5. The fraction of sp³-hybridized carbons (Fsp3) is 0.462. The minimum absolute atomic E-state index is 0.0757. The second-order valence-corrected chi connectivity index (χ2v) is 4.21. The molecule has 3 atom stereocenters. The predicted molar refractivity (Wildman–Crippen MR) is 60.0 cm³/mol. The molecule has 0 saturated carbocycles. The maximum absolute atomic E-state index is 11.8. The van der Waals surface area contributed by atoms with E-state index in [9.17, 15) is 14.4 Å². The highest BCUT2D eigenvalue weighted by Crippen LogP contribution is 2.35. The maximum Gasteiger partial charge on any atom is 0.313 e. The summed E-state index contributed by atoms with van der Waals surface area (Å²) in [6, 6.07) is 0. The molecule has 0 fully saturated rings. The van der Waals surface area contributed by atoms with Crippen LogP contribution in [0.25, 0.3) is 0 Å². The van der Waals surface area contributed by atoms with E-state index < -0.39 is 23.7 Å². The Balaban J connectivity index is 2.29. The number of esters is 1. The Bertz CT molecular complexity index is 419. The van der Waals surface area contributed by atoms with Gasteiger partial charge in [-0.25, -0.2) is 0 Å². The summed E-state index contributed by atoms with van der Waals surface area (Å²) in [7, 11) is 0. The number of hydrogen-bond acceptors (Lipinski definition) is 4. The molecule has 90 valence electrons. The first-order valence-electron chi connectivity index (χ1n) is 5.74. The standard InChI is InChI=1S/C13H14O4/c1-2-17-13(16)9-5-3-4-8-10(14)6-7-11(15)12(8)9/h3,5-9,12H,2,4H2,1H3. The summed E-state index contributed by atoms with van der Waals surface area (Å²) < 4.78 is 4.94. The van der Waals surface area contributed by atoms with Crippen LogP contribution in [0.3, 0.4) is 0 Å². The molecule has 0 aromatic heterocycles. The Morgan fingerprint density at radius 2 is 2.06 bits per heavy atom. The van der Waals surface area contributed by atoms with Crippen molar-refractivity contribution in [3.05, 3.63) is 24.3 Å². The molecule has 2 aliphatic carbocycles. The summed E-state index contributed by atoms with van der Waals surface area (Å²) in [5.74, 6) is -2.24. The monoisotopic (exact) mass is 234 g/mol. The minimum atomic E-state index is -0.616. The fourth-order valence-electron chi connectivity index (χ4n) is 2.42. The van der Waals surface area contributed by atoms with E-state index in [0.29, 0.717) is 6.42 Å². The molecule has 0 spiro atoms. The minimum Gasteiger partial charge on any atom is -0.466 e. The van der Waals surface area contributed by atoms with Crippen LogP contribution in [0.15, 0.2) is 24.3 Å². The molecule has 0 N–H and O–H groups in total. The van der Waals surface area contributed by atoms with E-state index in [1.165, 1.54) is 12.2 Å². The van der Waals surface area contributed by atoms with Gasteiger partial charge in [-0.15, -0.1) is 0 Å². The Morgan fingerprint density at radius 3 is 2.76 bits per heavy atom. The van der Waals surface area contributed by atoms with Gasteiger partial charge in [-0.1, -0.05) is 12.2 Å². The molecule has 2 aliphatic rings. The van der Waals surface area contributed by atoms with Gasteiger partial charge >= 0.3 is 5.97 Å². The molecule has 0 aromatic carbocycles. The van der Waals surface area contributed by atoms with Gasteiger partial charge in [-0.05, 0) is 25.5 Å². The van der Waals surface area contributed by atoms with E-state index in [1.807, 2.05) is 0 Å². The highest BCUT2D eigenvalue weighted by molar-refractivity contribution is 6.09. The zero-order valence-electron chi connectivity index (χ0n) is 9.59. The van der Waals surface area contributed by atoms with Crippen molar-refractivity contribution in [3.63, 3.8) is 0 Å². The van der Waals surface area contributed by atoms with Crippen LogP contribution in [0.5, 0.6) is 0 Å². The van der Waals surface area contributed by atoms with Crippen molar-refractivity contribution in [1.29, 1.82) is 0 Å². The molecule has 4 heteroatoms. The second kappa shape index (κ2) is 4.65. The number of carbonyl (C=O) groups excluding carboxylic acids is 3. The quantitative estimate of drug-likeness (QED) is 0.529. The average Bonchev–Trinajstić information content (AvgIpc) is 2.34. The summed E-state index contributed by atoms with van der Waals surface area (Å²) >= 11 is 0. The summed E-state index contributed by atoms with van der Waals surface area (Å²) in [6.07, 6.45) is 6.58. The van der Waals surface area contributed by atoms with Crippen molar-refractivity contribution in [3.8, 4) is 0 Å². The van der Waals surface area contributed by atoms with Gasteiger partial charge in [0.15, 0.2) is 11.6 Å². The van der Waals surface area contributed by atoms with Crippen molar-refractivity contribution < 1.29 is 19.1 Å². The lowest BCUT2D eigenvalue weighted by molar-refractivity contribution is -0.151. The molecule has 0 saturated heterocycles. The number of rotatable bonds is 2. The van der Waals surface area contributed by atoms with Crippen molar-refractivity contribution in [1.82, 2.24) is 0 Å². The fourth-order valence-corrected chi connectivity index (χ4v) is 2.42. The highest BCUT2D eigenvalue weighted by Gasteiger charge is 2.43. The third-order valence-electron chi connectivity index (χ3n) is 3.22. The van der Waals surface area contributed by atoms with Gasteiger partial charge in [0.2, 0.25) is 0 Å². The summed E-state index contributed by atoms with van der Waals surface area (Å²) in [6.45, 7) is 1.99. The molecule has 17 heavy (non-hydrogen) atoms. The van der Waals surface area contributed by atoms with Gasteiger partial charge in [0.25, 0.3) is 0 Å². The van der Waals surface area contributed by atoms with Crippen molar-refractivity contribution in [2.45, 2.75) is 13.3 Å². The molecular formula is C13H14O4. The zero-order valence-corrected chi connectivity index (χ0v) is 9.59. The molecule has 0 aromatic rings. The Hall–Kier alpha value is -1.71.